The Kier molecular flexibility index (Phi) is 4.24. The van der Waals surface area contributed by atoms with E-state index in [4.69, 9.17) is 18.0 Å². The van der Waals surface area contributed by atoms with Gasteiger partial charge in [0, 0.05) is 11.6 Å². The van der Waals surface area contributed by atoms with Crippen molar-refractivity contribution in [2.75, 3.05) is 11.4 Å². The standard InChI is InChI=1S/C12H11BrF4N2S/c13-9-7(11(18)20)3-4-8(10(9)14)19(6-1-2-6)5-12(15,16)17/h3-4,6H,1-2,5H2,(H2,18,20). The van der Waals surface area contributed by atoms with Crippen LogP contribution in [0.3, 0.4) is 0 Å². The lowest BCUT2D eigenvalue weighted by molar-refractivity contribution is -0.120. The number of halogens is 5. The molecule has 1 fully saturated rings. The Morgan fingerprint density at radius 3 is 2.45 bits per heavy atom. The van der Waals surface area contributed by atoms with E-state index < -0.39 is 18.5 Å². The molecule has 0 aromatic heterocycles. The van der Waals surface area contributed by atoms with E-state index in [1.807, 2.05) is 0 Å². The van der Waals surface area contributed by atoms with E-state index in [2.05, 4.69) is 15.9 Å². The second-order valence-electron chi connectivity index (χ2n) is 4.60. The molecular formula is C12H11BrF4N2S. The number of hydrogen-bond acceptors (Lipinski definition) is 2. The lowest BCUT2D eigenvalue weighted by Gasteiger charge is -2.27. The van der Waals surface area contributed by atoms with Crippen molar-refractivity contribution in [3.05, 3.63) is 28.0 Å². The second-order valence-corrected chi connectivity index (χ2v) is 5.83. The number of nitrogens with two attached hydrogens (primary N) is 1. The molecule has 1 aromatic carbocycles. The molecule has 1 aromatic rings. The van der Waals surface area contributed by atoms with Crippen LogP contribution in [0, 0.1) is 5.82 Å². The fourth-order valence-electron chi connectivity index (χ4n) is 1.94. The summed E-state index contributed by atoms with van der Waals surface area (Å²) in [6, 6.07) is 2.45. The Labute approximate surface area is 127 Å². The first-order valence-electron chi connectivity index (χ1n) is 5.82. The van der Waals surface area contributed by atoms with Gasteiger partial charge in [-0.05, 0) is 40.9 Å². The number of thiocarbonyl (C=S) groups is 1. The number of alkyl halides is 3. The Morgan fingerprint density at radius 1 is 1.40 bits per heavy atom. The van der Waals surface area contributed by atoms with Crippen LogP contribution < -0.4 is 10.6 Å². The largest absolute Gasteiger partial charge is 0.405 e. The highest BCUT2D eigenvalue weighted by Crippen LogP contribution is 2.38. The molecule has 110 valence electrons. The molecule has 0 amide bonds. The molecule has 0 aliphatic heterocycles. The van der Waals surface area contributed by atoms with Gasteiger partial charge in [-0.3, -0.25) is 0 Å². The topological polar surface area (TPSA) is 29.3 Å². The maximum Gasteiger partial charge on any atom is 0.405 e. The maximum atomic E-state index is 14.3. The van der Waals surface area contributed by atoms with Gasteiger partial charge in [0.05, 0.1) is 10.2 Å². The van der Waals surface area contributed by atoms with E-state index in [0.29, 0.717) is 12.8 Å². The molecule has 0 spiro atoms. The molecule has 2 rings (SSSR count). The average molecular weight is 371 g/mol. The fourth-order valence-corrected chi connectivity index (χ4v) is 2.79. The van der Waals surface area contributed by atoms with Gasteiger partial charge in [0.1, 0.15) is 11.5 Å². The lowest BCUT2D eigenvalue weighted by atomic mass is 10.1. The van der Waals surface area contributed by atoms with Gasteiger partial charge in [0.15, 0.2) is 5.82 Å². The Bertz CT molecular complexity index is 543. The molecule has 1 saturated carbocycles. The highest BCUT2D eigenvalue weighted by molar-refractivity contribution is 9.10. The van der Waals surface area contributed by atoms with Crippen LogP contribution in [0.1, 0.15) is 18.4 Å². The summed E-state index contributed by atoms with van der Waals surface area (Å²) in [6.45, 7) is -1.17. The fraction of sp³-hybridized carbons (Fsp3) is 0.417. The number of anilines is 1. The minimum absolute atomic E-state index is 0.00433. The van der Waals surface area contributed by atoms with Gasteiger partial charge in [0.25, 0.3) is 0 Å². The minimum atomic E-state index is -4.39. The van der Waals surface area contributed by atoms with E-state index in [1.165, 1.54) is 12.1 Å². The van der Waals surface area contributed by atoms with E-state index in [1.54, 1.807) is 0 Å². The SMILES string of the molecule is NC(=S)c1ccc(N(CC(F)(F)F)C2CC2)c(F)c1Br. The summed E-state index contributed by atoms with van der Waals surface area (Å²) < 4.78 is 52.1. The molecule has 1 aliphatic carbocycles. The third-order valence-electron chi connectivity index (χ3n) is 2.97. The average Bonchev–Trinajstić information content (AvgIpc) is 3.12. The minimum Gasteiger partial charge on any atom is -0.389 e. The molecule has 8 heteroatoms. The third kappa shape index (κ3) is 3.41. The summed E-state index contributed by atoms with van der Waals surface area (Å²) in [6.07, 6.45) is -3.13. The summed E-state index contributed by atoms with van der Waals surface area (Å²) in [5.74, 6) is -0.772. The Balaban J connectivity index is 2.39. The summed E-state index contributed by atoms with van der Waals surface area (Å²) in [5.41, 5.74) is 5.61. The molecule has 2 N–H and O–H groups in total. The number of hydrogen-bond donors (Lipinski definition) is 1. The molecule has 0 atom stereocenters. The molecular weight excluding hydrogens is 360 g/mol. The van der Waals surface area contributed by atoms with Crippen LogP contribution in [-0.4, -0.2) is 23.8 Å². The summed E-state index contributed by atoms with van der Waals surface area (Å²) in [7, 11) is 0. The predicted octanol–water partition coefficient (Wildman–Crippen LogP) is 3.75. The van der Waals surface area contributed by atoms with Gasteiger partial charge in [-0.15, -0.1) is 0 Å². The van der Waals surface area contributed by atoms with Crippen LogP contribution in [0.2, 0.25) is 0 Å². The molecule has 0 saturated heterocycles. The first-order valence-corrected chi connectivity index (χ1v) is 7.02. The van der Waals surface area contributed by atoms with Crippen molar-refractivity contribution in [3.8, 4) is 0 Å². The number of benzene rings is 1. The van der Waals surface area contributed by atoms with Crippen LogP contribution in [-0.2, 0) is 0 Å². The third-order valence-corrected chi connectivity index (χ3v) is 3.97. The van der Waals surface area contributed by atoms with Gasteiger partial charge in [-0.1, -0.05) is 12.2 Å². The monoisotopic (exact) mass is 370 g/mol. The van der Waals surface area contributed by atoms with Crippen molar-refractivity contribution in [2.24, 2.45) is 5.73 Å². The smallest absolute Gasteiger partial charge is 0.389 e. The molecule has 0 unspecified atom stereocenters. The first kappa shape index (κ1) is 15.5. The predicted molar refractivity (Wildman–Crippen MR) is 76.4 cm³/mol. The zero-order valence-electron chi connectivity index (χ0n) is 10.2. The zero-order valence-corrected chi connectivity index (χ0v) is 12.6. The van der Waals surface area contributed by atoms with Crippen LogP contribution in [0.25, 0.3) is 0 Å². The van der Waals surface area contributed by atoms with Gasteiger partial charge in [-0.25, -0.2) is 4.39 Å². The molecule has 0 radical (unpaired) electrons. The van der Waals surface area contributed by atoms with Crippen molar-refractivity contribution in [2.45, 2.75) is 25.1 Å². The maximum absolute atomic E-state index is 14.3. The molecule has 0 bridgehead atoms. The Morgan fingerprint density at radius 2 is 2.00 bits per heavy atom. The van der Waals surface area contributed by atoms with Gasteiger partial charge in [0.2, 0.25) is 0 Å². The van der Waals surface area contributed by atoms with Crippen molar-refractivity contribution in [1.29, 1.82) is 0 Å². The molecule has 0 heterocycles. The number of rotatable bonds is 4. The van der Waals surface area contributed by atoms with Crippen molar-refractivity contribution in [3.63, 3.8) is 0 Å². The zero-order chi connectivity index (χ0) is 15.1. The summed E-state index contributed by atoms with van der Waals surface area (Å²) >= 11 is 7.76. The molecule has 1 aliphatic rings. The quantitative estimate of drug-likeness (QED) is 0.646. The van der Waals surface area contributed by atoms with Gasteiger partial charge in [-0.2, -0.15) is 13.2 Å². The summed E-state index contributed by atoms with van der Waals surface area (Å²) in [4.78, 5) is 1.03. The van der Waals surface area contributed by atoms with E-state index in [0.717, 1.165) is 4.90 Å². The van der Waals surface area contributed by atoms with Crippen LogP contribution >= 0.6 is 28.1 Å². The summed E-state index contributed by atoms with van der Waals surface area (Å²) in [5, 5.41) is 0. The number of nitrogens with zero attached hydrogens (tertiary/aromatic N) is 1. The van der Waals surface area contributed by atoms with Crippen LogP contribution in [0.5, 0.6) is 0 Å². The van der Waals surface area contributed by atoms with Crippen LogP contribution in [0.15, 0.2) is 16.6 Å². The molecule has 2 nitrogen and oxygen atoms in total. The van der Waals surface area contributed by atoms with Crippen LogP contribution in [0.4, 0.5) is 23.2 Å². The highest BCUT2D eigenvalue weighted by atomic mass is 79.9. The van der Waals surface area contributed by atoms with E-state index in [-0.39, 0.29) is 26.8 Å². The van der Waals surface area contributed by atoms with Crippen molar-refractivity contribution in [1.82, 2.24) is 0 Å². The Hall–Kier alpha value is -0.890. The molecule has 20 heavy (non-hydrogen) atoms. The van der Waals surface area contributed by atoms with Gasteiger partial charge < -0.3 is 10.6 Å². The van der Waals surface area contributed by atoms with Crippen molar-refractivity contribution >= 4 is 38.8 Å². The lowest BCUT2D eigenvalue weighted by Crippen LogP contribution is -2.36. The van der Waals surface area contributed by atoms with Crippen molar-refractivity contribution < 1.29 is 17.6 Å². The first-order chi connectivity index (χ1) is 9.20. The van der Waals surface area contributed by atoms with E-state index in [9.17, 15) is 17.6 Å². The second kappa shape index (κ2) is 5.48. The van der Waals surface area contributed by atoms with Gasteiger partial charge >= 0.3 is 6.18 Å². The highest BCUT2D eigenvalue weighted by Gasteiger charge is 2.39. The normalized spacial score (nSPS) is 15.2. The van der Waals surface area contributed by atoms with E-state index >= 15 is 0 Å².